The number of aromatic nitrogens is 1. The second kappa shape index (κ2) is 7.90. The molecule has 0 aliphatic heterocycles. The molecule has 0 saturated carbocycles. The molecule has 3 rings (SSSR count). The predicted octanol–water partition coefficient (Wildman–Crippen LogP) is 4.91. The highest BCUT2D eigenvalue weighted by atomic mass is 19.2. The quantitative estimate of drug-likeness (QED) is 0.648. The van der Waals surface area contributed by atoms with Gasteiger partial charge in [0.1, 0.15) is 5.82 Å². The van der Waals surface area contributed by atoms with E-state index in [-0.39, 0.29) is 17.4 Å². The van der Waals surface area contributed by atoms with Crippen molar-refractivity contribution in [2.75, 3.05) is 16.8 Å². The van der Waals surface area contributed by atoms with Gasteiger partial charge in [0.15, 0.2) is 17.5 Å². The highest BCUT2D eigenvalue weighted by molar-refractivity contribution is 6.05. The fourth-order valence-corrected chi connectivity index (χ4v) is 2.56. The van der Waals surface area contributed by atoms with Gasteiger partial charge in [0.25, 0.3) is 5.91 Å². The van der Waals surface area contributed by atoms with E-state index < -0.39 is 17.5 Å². The van der Waals surface area contributed by atoms with Crippen molar-refractivity contribution in [3.05, 3.63) is 83.8 Å². The molecule has 0 spiro atoms. The number of para-hydroxylation sites is 1. The fourth-order valence-electron chi connectivity index (χ4n) is 2.56. The van der Waals surface area contributed by atoms with Crippen LogP contribution in [0, 0.1) is 17.5 Å². The van der Waals surface area contributed by atoms with Crippen molar-refractivity contribution in [1.82, 2.24) is 4.98 Å². The summed E-state index contributed by atoms with van der Waals surface area (Å²) in [6.45, 7) is 2.34. The first-order valence-corrected chi connectivity index (χ1v) is 8.24. The van der Waals surface area contributed by atoms with Crippen LogP contribution < -0.4 is 10.2 Å². The van der Waals surface area contributed by atoms with Crippen LogP contribution in [-0.2, 0) is 0 Å². The van der Waals surface area contributed by atoms with E-state index in [1.807, 2.05) is 37.3 Å². The van der Waals surface area contributed by atoms with Crippen LogP contribution in [-0.4, -0.2) is 17.4 Å². The molecule has 0 atom stereocenters. The molecule has 27 heavy (non-hydrogen) atoms. The van der Waals surface area contributed by atoms with E-state index >= 15 is 0 Å². The molecule has 0 radical (unpaired) electrons. The third-order valence-corrected chi connectivity index (χ3v) is 3.94. The standard InChI is InChI=1S/C20H16F3N3O/c1-2-26(14-6-4-3-5-7-14)20(27)13-8-11-17(24-12-13)25-16-10-9-15(21)18(22)19(16)23/h3-12H,2H2,1H3,(H,24,25). The van der Waals surface area contributed by atoms with Gasteiger partial charge in [-0.1, -0.05) is 18.2 Å². The van der Waals surface area contributed by atoms with Gasteiger partial charge in [0.05, 0.1) is 11.3 Å². The Morgan fingerprint density at radius 3 is 2.37 bits per heavy atom. The highest BCUT2D eigenvalue weighted by Gasteiger charge is 2.17. The van der Waals surface area contributed by atoms with Crippen LogP contribution in [0.1, 0.15) is 17.3 Å². The molecule has 138 valence electrons. The summed E-state index contributed by atoms with van der Waals surface area (Å²) in [7, 11) is 0. The Morgan fingerprint density at radius 2 is 1.74 bits per heavy atom. The molecule has 3 aromatic rings. The van der Waals surface area contributed by atoms with Gasteiger partial charge in [-0.25, -0.2) is 18.2 Å². The molecule has 1 N–H and O–H groups in total. The molecule has 4 nitrogen and oxygen atoms in total. The Hall–Kier alpha value is -3.35. The molecule has 7 heteroatoms. The van der Waals surface area contributed by atoms with E-state index in [9.17, 15) is 18.0 Å². The van der Waals surface area contributed by atoms with Crippen molar-refractivity contribution in [3.8, 4) is 0 Å². The lowest BCUT2D eigenvalue weighted by Crippen LogP contribution is -2.30. The lowest BCUT2D eigenvalue weighted by Gasteiger charge is -2.21. The summed E-state index contributed by atoms with van der Waals surface area (Å²) in [5.74, 6) is -4.21. The van der Waals surface area contributed by atoms with Crippen molar-refractivity contribution in [1.29, 1.82) is 0 Å². The van der Waals surface area contributed by atoms with E-state index in [0.29, 0.717) is 12.1 Å². The number of anilines is 3. The maximum atomic E-state index is 13.7. The molecule has 1 aromatic heterocycles. The van der Waals surface area contributed by atoms with Crippen molar-refractivity contribution in [3.63, 3.8) is 0 Å². The number of carbonyl (C=O) groups is 1. The minimum Gasteiger partial charge on any atom is -0.338 e. The molecule has 0 bridgehead atoms. The van der Waals surface area contributed by atoms with E-state index in [0.717, 1.165) is 17.8 Å². The number of rotatable bonds is 5. The predicted molar refractivity (Wildman–Crippen MR) is 97.6 cm³/mol. The molecule has 0 fully saturated rings. The summed E-state index contributed by atoms with van der Waals surface area (Å²) >= 11 is 0. The van der Waals surface area contributed by atoms with Gasteiger partial charge in [-0.05, 0) is 43.3 Å². The normalized spacial score (nSPS) is 10.5. The number of amides is 1. The first-order valence-electron chi connectivity index (χ1n) is 8.24. The average Bonchev–Trinajstić information content (AvgIpc) is 2.70. The van der Waals surface area contributed by atoms with Gasteiger partial charge in [0.2, 0.25) is 0 Å². The molecule has 2 aromatic carbocycles. The van der Waals surface area contributed by atoms with Gasteiger partial charge in [-0.2, -0.15) is 0 Å². The third-order valence-electron chi connectivity index (χ3n) is 3.94. The zero-order chi connectivity index (χ0) is 19.4. The molecular weight excluding hydrogens is 355 g/mol. The van der Waals surface area contributed by atoms with Crippen LogP contribution in [0.2, 0.25) is 0 Å². The first kappa shape index (κ1) is 18.4. The van der Waals surface area contributed by atoms with Gasteiger partial charge >= 0.3 is 0 Å². The van der Waals surface area contributed by atoms with Crippen LogP contribution in [0.4, 0.5) is 30.4 Å². The minimum atomic E-state index is -1.56. The van der Waals surface area contributed by atoms with Crippen LogP contribution in [0.25, 0.3) is 0 Å². The SMILES string of the molecule is CCN(C(=O)c1ccc(Nc2ccc(F)c(F)c2F)nc1)c1ccccc1. The number of benzene rings is 2. The van der Waals surface area contributed by atoms with Gasteiger partial charge < -0.3 is 10.2 Å². The van der Waals surface area contributed by atoms with Crippen LogP contribution in [0.3, 0.4) is 0 Å². The minimum absolute atomic E-state index is 0.194. The Labute approximate surface area is 154 Å². The summed E-state index contributed by atoms with van der Waals surface area (Å²) in [5, 5.41) is 2.56. The average molecular weight is 371 g/mol. The molecule has 1 amide bonds. The Morgan fingerprint density at radius 1 is 1.00 bits per heavy atom. The Bertz CT molecular complexity index is 947. The lowest BCUT2D eigenvalue weighted by atomic mass is 10.2. The van der Waals surface area contributed by atoms with E-state index in [1.165, 1.54) is 18.3 Å². The Kier molecular flexibility index (Phi) is 5.40. The molecule has 1 heterocycles. The zero-order valence-electron chi connectivity index (χ0n) is 14.4. The van der Waals surface area contributed by atoms with Crippen molar-refractivity contribution in [2.45, 2.75) is 6.92 Å². The van der Waals surface area contributed by atoms with E-state index in [2.05, 4.69) is 10.3 Å². The topological polar surface area (TPSA) is 45.2 Å². The van der Waals surface area contributed by atoms with Crippen molar-refractivity contribution in [2.24, 2.45) is 0 Å². The summed E-state index contributed by atoms with van der Waals surface area (Å²) in [6.07, 6.45) is 1.34. The van der Waals surface area contributed by atoms with Gasteiger partial charge in [-0.15, -0.1) is 0 Å². The van der Waals surface area contributed by atoms with Crippen molar-refractivity contribution < 1.29 is 18.0 Å². The zero-order valence-corrected chi connectivity index (χ0v) is 14.4. The number of hydrogen-bond donors (Lipinski definition) is 1. The van der Waals surface area contributed by atoms with Gasteiger partial charge in [0, 0.05) is 18.4 Å². The molecule has 0 aliphatic carbocycles. The maximum absolute atomic E-state index is 13.7. The summed E-state index contributed by atoms with van der Waals surface area (Å²) in [4.78, 5) is 18.3. The van der Waals surface area contributed by atoms with E-state index in [4.69, 9.17) is 0 Å². The maximum Gasteiger partial charge on any atom is 0.259 e. The van der Waals surface area contributed by atoms with Crippen molar-refractivity contribution >= 4 is 23.1 Å². The highest BCUT2D eigenvalue weighted by Crippen LogP contribution is 2.23. The number of halogens is 3. The van der Waals surface area contributed by atoms with Crippen LogP contribution in [0.5, 0.6) is 0 Å². The van der Waals surface area contributed by atoms with E-state index in [1.54, 1.807) is 4.90 Å². The summed E-state index contributed by atoms with van der Waals surface area (Å²) in [6, 6.07) is 14.1. The largest absolute Gasteiger partial charge is 0.338 e. The second-order valence-electron chi connectivity index (χ2n) is 5.66. The molecular formula is C20H16F3N3O. The number of pyridine rings is 1. The molecule has 0 aliphatic rings. The fraction of sp³-hybridized carbons (Fsp3) is 0.100. The smallest absolute Gasteiger partial charge is 0.259 e. The number of carbonyl (C=O) groups excluding carboxylic acids is 1. The van der Waals surface area contributed by atoms with Gasteiger partial charge in [-0.3, -0.25) is 4.79 Å². The second-order valence-corrected chi connectivity index (χ2v) is 5.66. The summed E-state index contributed by atoms with van der Waals surface area (Å²) in [5.41, 5.74) is 0.855. The Balaban J connectivity index is 1.79. The number of nitrogens with one attached hydrogen (secondary N) is 1. The summed E-state index contributed by atoms with van der Waals surface area (Å²) < 4.78 is 40.0. The lowest BCUT2D eigenvalue weighted by molar-refractivity contribution is 0.0988. The number of hydrogen-bond acceptors (Lipinski definition) is 3. The molecule has 0 saturated heterocycles. The monoisotopic (exact) mass is 371 g/mol. The molecule has 0 unspecified atom stereocenters. The number of nitrogens with zero attached hydrogens (tertiary/aromatic N) is 2. The third kappa shape index (κ3) is 3.92. The first-order chi connectivity index (χ1) is 13.0. The van der Waals surface area contributed by atoms with Crippen LogP contribution in [0.15, 0.2) is 60.8 Å². The van der Waals surface area contributed by atoms with Crippen LogP contribution >= 0.6 is 0 Å².